The second kappa shape index (κ2) is 8.83. The quantitative estimate of drug-likeness (QED) is 0.492. The van der Waals surface area contributed by atoms with Crippen molar-refractivity contribution in [2.45, 2.75) is 6.54 Å². The maximum absolute atomic E-state index is 12.1. The van der Waals surface area contributed by atoms with Crippen LogP contribution >= 0.6 is 11.6 Å². The lowest BCUT2D eigenvalue weighted by Gasteiger charge is -2.07. The van der Waals surface area contributed by atoms with E-state index in [4.69, 9.17) is 11.6 Å². The van der Waals surface area contributed by atoms with Crippen LogP contribution in [0.4, 0.5) is 5.69 Å². The number of rotatable bonds is 6. The summed E-state index contributed by atoms with van der Waals surface area (Å²) in [6.07, 6.45) is 1.57. The molecule has 0 atom stereocenters. The molecule has 26 heavy (non-hydrogen) atoms. The Morgan fingerprint density at radius 3 is 2.31 bits per heavy atom. The van der Waals surface area contributed by atoms with Crippen LogP contribution in [-0.2, 0) is 6.54 Å². The molecular formula is C21H18ClN3O. The highest BCUT2D eigenvalue weighted by molar-refractivity contribution is 6.30. The van der Waals surface area contributed by atoms with Gasteiger partial charge in [0.1, 0.15) is 0 Å². The molecule has 0 fully saturated rings. The van der Waals surface area contributed by atoms with Crippen molar-refractivity contribution >= 4 is 29.4 Å². The SMILES string of the molecule is O=C(NN=Cc1ccc(Cl)cc1)c1ccc(NCc2ccccc2)cc1. The highest BCUT2D eigenvalue weighted by Gasteiger charge is 2.04. The molecular weight excluding hydrogens is 346 g/mol. The first-order valence-corrected chi connectivity index (χ1v) is 8.55. The molecule has 0 bridgehead atoms. The first-order chi connectivity index (χ1) is 12.7. The third kappa shape index (κ3) is 5.19. The third-order valence-electron chi connectivity index (χ3n) is 3.74. The van der Waals surface area contributed by atoms with Gasteiger partial charge in [-0.15, -0.1) is 0 Å². The number of nitrogens with one attached hydrogen (secondary N) is 2. The number of carbonyl (C=O) groups excluding carboxylic acids is 1. The number of anilines is 1. The van der Waals surface area contributed by atoms with E-state index < -0.39 is 0 Å². The van der Waals surface area contributed by atoms with Gasteiger partial charge in [0.25, 0.3) is 5.91 Å². The average molecular weight is 364 g/mol. The minimum Gasteiger partial charge on any atom is -0.381 e. The topological polar surface area (TPSA) is 53.5 Å². The zero-order chi connectivity index (χ0) is 18.2. The molecule has 0 radical (unpaired) electrons. The molecule has 0 heterocycles. The second-order valence-electron chi connectivity index (χ2n) is 5.67. The molecule has 5 heteroatoms. The van der Waals surface area contributed by atoms with Crippen molar-refractivity contribution in [3.05, 3.63) is 101 Å². The van der Waals surface area contributed by atoms with Crippen molar-refractivity contribution in [2.24, 2.45) is 5.10 Å². The summed E-state index contributed by atoms with van der Waals surface area (Å²) in [5.41, 5.74) is 6.07. The molecule has 0 aliphatic heterocycles. The van der Waals surface area contributed by atoms with Gasteiger partial charge in [-0.3, -0.25) is 4.79 Å². The molecule has 0 spiro atoms. The predicted molar refractivity (Wildman–Crippen MR) is 107 cm³/mol. The van der Waals surface area contributed by atoms with E-state index in [1.165, 1.54) is 5.56 Å². The Bertz CT molecular complexity index is 875. The Labute approximate surface area is 157 Å². The minimum absolute atomic E-state index is 0.259. The van der Waals surface area contributed by atoms with Crippen molar-refractivity contribution in [2.75, 3.05) is 5.32 Å². The highest BCUT2D eigenvalue weighted by atomic mass is 35.5. The number of carbonyl (C=O) groups is 1. The van der Waals surface area contributed by atoms with Gasteiger partial charge in [-0.05, 0) is 47.5 Å². The van der Waals surface area contributed by atoms with Gasteiger partial charge in [-0.25, -0.2) is 5.43 Å². The van der Waals surface area contributed by atoms with Gasteiger partial charge in [0.15, 0.2) is 0 Å². The van der Waals surface area contributed by atoms with Gasteiger partial charge in [0.05, 0.1) is 6.21 Å². The van der Waals surface area contributed by atoms with Crippen molar-refractivity contribution in [1.29, 1.82) is 0 Å². The van der Waals surface area contributed by atoms with Crippen LogP contribution in [0, 0.1) is 0 Å². The molecule has 4 nitrogen and oxygen atoms in total. The number of halogens is 1. The predicted octanol–water partition coefficient (Wildman–Crippen LogP) is 4.72. The van der Waals surface area contributed by atoms with Crippen molar-refractivity contribution < 1.29 is 4.79 Å². The Balaban J connectivity index is 1.52. The van der Waals surface area contributed by atoms with E-state index in [0.717, 1.165) is 17.8 Å². The van der Waals surface area contributed by atoms with Gasteiger partial charge < -0.3 is 5.32 Å². The number of benzene rings is 3. The molecule has 0 aromatic heterocycles. The lowest BCUT2D eigenvalue weighted by atomic mass is 10.2. The van der Waals surface area contributed by atoms with Crippen LogP contribution in [0.2, 0.25) is 5.02 Å². The van der Waals surface area contributed by atoms with Crippen LogP contribution in [0.25, 0.3) is 0 Å². The largest absolute Gasteiger partial charge is 0.381 e. The summed E-state index contributed by atoms with van der Waals surface area (Å²) >= 11 is 5.83. The van der Waals surface area contributed by atoms with E-state index >= 15 is 0 Å². The summed E-state index contributed by atoms with van der Waals surface area (Å²) in [6, 6.07) is 24.6. The molecule has 0 aliphatic carbocycles. The third-order valence-corrected chi connectivity index (χ3v) is 3.99. The van der Waals surface area contributed by atoms with Crippen molar-refractivity contribution in [3.8, 4) is 0 Å². The van der Waals surface area contributed by atoms with Gasteiger partial charge in [-0.1, -0.05) is 54.1 Å². The van der Waals surface area contributed by atoms with Gasteiger partial charge >= 0.3 is 0 Å². The number of nitrogens with zero attached hydrogens (tertiary/aromatic N) is 1. The molecule has 0 unspecified atom stereocenters. The molecule has 3 rings (SSSR count). The first kappa shape index (κ1) is 17.7. The van der Waals surface area contributed by atoms with E-state index in [1.807, 2.05) is 42.5 Å². The van der Waals surface area contributed by atoms with Crippen LogP contribution in [0.5, 0.6) is 0 Å². The molecule has 0 saturated carbocycles. The standard InChI is InChI=1S/C21H18ClN3O/c22-19-10-6-17(7-11-19)15-24-25-21(26)18-8-12-20(13-9-18)23-14-16-4-2-1-3-5-16/h1-13,15,23H,14H2,(H,25,26). The Kier molecular flexibility index (Phi) is 6.01. The van der Waals surface area contributed by atoms with Gasteiger partial charge in [0, 0.05) is 22.8 Å². The van der Waals surface area contributed by atoms with E-state index in [9.17, 15) is 4.79 Å². The van der Waals surface area contributed by atoms with E-state index in [1.54, 1.807) is 30.5 Å². The number of amides is 1. The second-order valence-corrected chi connectivity index (χ2v) is 6.10. The molecule has 0 saturated heterocycles. The summed E-state index contributed by atoms with van der Waals surface area (Å²) < 4.78 is 0. The number of hydrogen-bond donors (Lipinski definition) is 2. The number of hydrazone groups is 1. The van der Waals surface area contributed by atoms with Crippen LogP contribution in [0.1, 0.15) is 21.5 Å². The molecule has 3 aromatic carbocycles. The number of hydrogen-bond acceptors (Lipinski definition) is 3. The van der Waals surface area contributed by atoms with Crippen LogP contribution in [0.15, 0.2) is 84.0 Å². The lowest BCUT2D eigenvalue weighted by molar-refractivity contribution is 0.0955. The van der Waals surface area contributed by atoms with Crippen LogP contribution < -0.4 is 10.7 Å². The zero-order valence-corrected chi connectivity index (χ0v) is 14.8. The smallest absolute Gasteiger partial charge is 0.271 e. The van der Waals surface area contributed by atoms with Gasteiger partial charge in [0.2, 0.25) is 0 Å². The summed E-state index contributed by atoms with van der Waals surface area (Å²) in [7, 11) is 0. The monoisotopic (exact) mass is 363 g/mol. The summed E-state index contributed by atoms with van der Waals surface area (Å²) in [5, 5.41) is 7.95. The summed E-state index contributed by atoms with van der Waals surface area (Å²) in [4.78, 5) is 12.1. The highest BCUT2D eigenvalue weighted by Crippen LogP contribution is 2.11. The fraction of sp³-hybridized carbons (Fsp3) is 0.0476. The Morgan fingerprint density at radius 1 is 0.923 bits per heavy atom. The first-order valence-electron chi connectivity index (χ1n) is 8.17. The summed E-state index contributed by atoms with van der Waals surface area (Å²) in [6.45, 7) is 0.734. The molecule has 2 N–H and O–H groups in total. The Morgan fingerprint density at radius 2 is 1.62 bits per heavy atom. The Hall–Kier alpha value is -3.11. The van der Waals surface area contributed by atoms with Crippen LogP contribution in [0.3, 0.4) is 0 Å². The fourth-order valence-corrected chi connectivity index (χ4v) is 2.44. The van der Waals surface area contributed by atoms with Crippen molar-refractivity contribution in [1.82, 2.24) is 5.43 Å². The lowest BCUT2D eigenvalue weighted by Crippen LogP contribution is -2.17. The van der Waals surface area contributed by atoms with Crippen LogP contribution in [-0.4, -0.2) is 12.1 Å². The molecule has 130 valence electrons. The van der Waals surface area contributed by atoms with Crippen molar-refractivity contribution in [3.63, 3.8) is 0 Å². The fourth-order valence-electron chi connectivity index (χ4n) is 2.32. The normalized spacial score (nSPS) is 10.7. The molecule has 3 aromatic rings. The van der Waals surface area contributed by atoms with Gasteiger partial charge in [-0.2, -0.15) is 5.10 Å². The van der Waals surface area contributed by atoms with E-state index in [0.29, 0.717) is 10.6 Å². The zero-order valence-electron chi connectivity index (χ0n) is 14.0. The average Bonchev–Trinajstić information content (AvgIpc) is 2.69. The molecule has 0 aliphatic rings. The minimum atomic E-state index is -0.259. The van der Waals surface area contributed by atoms with E-state index in [-0.39, 0.29) is 5.91 Å². The summed E-state index contributed by atoms with van der Waals surface area (Å²) in [5.74, 6) is -0.259. The van der Waals surface area contributed by atoms with E-state index in [2.05, 4.69) is 28.0 Å². The maximum Gasteiger partial charge on any atom is 0.271 e. The molecule has 1 amide bonds. The maximum atomic E-state index is 12.1.